The minimum absolute atomic E-state index is 0.0473. The molecule has 2 N–H and O–H groups in total. The molecular weight excluding hydrogens is 686 g/mol. The van der Waals surface area contributed by atoms with Crippen LogP contribution in [0.2, 0.25) is 0 Å². The average molecular weight is 726 g/mol. The van der Waals surface area contributed by atoms with E-state index in [1.165, 1.54) is 41.3 Å². The van der Waals surface area contributed by atoms with Crippen LogP contribution in [0.25, 0.3) is 0 Å². The van der Waals surface area contributed by atoms with E-state index in [0.717, 1.165) is 28.8 Å². The minimum atomic E-state index is -3.96. The molecule has 0 aliphatic carbocycles. The standard InChI is InChI=1S/C40H40FN3O7S/c1-49-37-22-13-30(26-38(37)50-2)23-24-42-40(46)36(25-29-9-5-3-6-10-29)44(27-31-11-7-4-8-12-31)39(45)28-51-34-18-20-35(21-19-34)52(47,48)43-33-16-14-32(41)15-17-33/h3-22,26,36,43H,23-25,27-28H2,1-2H3,(H,42,46)/t36-/m0/s1. The van der Waals surface area contributed by atoms with Crippen molar-refractivity contribution in [2.75, 3.05) is 32.1 Å². The maximum Gasteiger partial charge on any atom is 0.261 e. The normalized spacial score (nSPS) is 11.6. The first kappa shape index (κ1) is 37.4. The van der Waals surface area contributed by atoms with Crippen LogP contribution in [-0.2, 0) is 39.0 Å². The monoisotopic (exact) mass is 725 g/mol. The quantitative estimate of drug-likeness (QED) is 0.120. The summed E-state index contributed by atoms with van der Waals surface area (Å²) in [6, 6.07) is 34.1. The van der Waals surface area contributed by atoms with Crippen molar-refractivity contribution in [2.24, 2.45) is 0 Å². The lowest BCUT2D eigenvalue weighted by Crippen LogP contribution is -2.52. The summed E-state index contributed by atoms with van der Waals surface area (Å²) in [5.74, 6) is 0.208. The fourth-order valence-corrected chi connectivity index (χ4v) is 6.55. The van der Waals surface area contributed by atoms with Crippen LogP contribution in [-0.4, -0.2) is 58.5 Å². The molecule has 0 aliphatic heterocycles. The number of ether oxygens (including phenoxy) is 3. The summed E-state index contributed by atoms with van der Waals surface area (Å²) >= 11 is 0. The van der Waals surface area contributed by atoms with E-state index in [1.54, 1.807) is 14.2 Å². The Balaban J connectivity index is 1.32. The first-order valence-electron chi connectivity index (χ1n) is 16.5. The van der Waals surface area contributed by atoms with Crippen molar-refractivity contribution in [2.45, 2.75) is 30.3 Å². The van der Waals surface area contributed by atoms with Crippen molar-refractivity contribution < 1.29 is 36.6 Å². The summed E-state index contributed by atoms with van der Waals surface area (Å²) in [6.45, 7) is 0.0571. The molecule has 0 saturated carbocycles. The second kappa shape index (κ2) is 17.9. The van der Waals surface area contributed by atoms with Gasteiger partial charge < -0.3 is 24.4 Å². The summed E-state index contributed by atoms with van der Waals surface area (Å²) in [5.41, 5.74) is 2.85. The van der Waals surface area contributed by atoms with Gasteiger partial charge in [0.15, 0.2) is 18.1 Å². The lowest BCUT2D eigenvalue weighted by atomic mass is 10.0. The lowest BCUT2D eigenvalue weighted by molar-refractivity contribution is -0.142. The van der Waals surface area contributed by atoms with Crippen LogP contribution in [0.4, 0.5) is 10.1 Å². The van der Waals surface area contributed by atoms with Gasteiger partial charge in [0, 0.05) is 25.2 Å². The van der Waals surface area contributed by atoms with E-state index < -0.39 is 34.4 Å². The van der Waals surface area contributed by atoms with Crippen LogP contribution in [0.1, 0.15) is 16.7 Å². The van der Waals surface area contributed by atoms with Crippen molar-refractivity contribution in [3.05, 3.63) is 150 Å². The van der Waals surface area contributed by atoms with Crippen LogP contribution < -0.4 is 24.2 Å². The highest BCUT2D eigenvalue weighted by Crippen LogP contribution is 2.28. The van der Waals surface area contributed by atoms with Gasteiger partial charge in [0.25, 0.3) is 15.9 Å². The van der Waals surface area contributed by atoms with E-state index in [0.29, 0.717) is 24.5 Å². The number of carbonyl (C=O) groups is 2. The Labute approximate surface area is 303 Å². The molecule has 1 atom stereocenters. The van der Waals surface area contributed by atoms with Crippen LogP contribution in [0, 0.1) is 5.82 Å². The lowest BCUT2D eigenvalue weighted by Gasteiger charge is -2.31. The van der Waals surface area contributed by atoms with Gasteiger partial charge in [-0.25, -0.2) is 12.8 Å². The molecule has 0 saturated heterocycles. The van der Waals surface area contributed by atoms with Gasteiger partial charge >= 0.3 is 0 Å². The molecule has 52 heavy (non-hydrogen) atoms. The number of rotatable bonds is 17. The molecule has 0 spiro atoms. The Morgan fingerprint density at radius 2 is 1.38 bits per heavy atom. The highest BCUT2D eigenvalue weighted by molar-refractivity contribution is 7.92. The van der Waals surface area contributed by atoms with E-state index in [4.69, 9.17) is 14.2 Å². The third kappa shape index (κ3) is 10.3. The Hall–Kier alpha value is -5.88. The SMILES string of the molecule is COc1ccc(CCNC(=O)[C@H](Cc2ccccc2)N(Cc2ccccc2)C(=O)COc2ccc(S(=O)(=O)Nc3ccc(F)cc3)cc2)cc1OC. The molecule has 0 fully saturated rings. The van der Waals surface area contributed by atoms with Crippen molar-refractivity contribution in [3.8, 4) is 17.2 Å². The van der Waals surface area contributed by atoms with Gasteiger partial charge in [0.1, 0.15) is 17.6 Å². The first-order chi connectivity index (χ1) is 25.1. The molecule has 0 aliphatic rings. The van der Waals surface area contributed by atoms with Crippen molar-refractivity contribution in [1.82, 2.24) is 10.2 Å². The number of benzene rings is 5. The Bertz CT molecular complexity index is 2030. The number of halogens is 1. The van der Waals surface area contributed by atoms with Gasteiger partial charge in [-0.3, -0.25) is 14.3 Å². The number of methoxy groups -OCH3 is 2. The largest absolute Gasteiger partial charge is 0.493 e. The van der Waals surface area contributed by atoms with Crippen LogP contribution in [0.15, 0.2) is 132 Å². The van der Waals surface area contributed by atoms with E-state index in [1.807, 2.05) is 78.9 Å². The highest BCUT2D eigenvalue weighted by atomic mass is 32.2. The summed E-state index contributed by atoms with van der Waals surface area (Å²) in [4.78, 5) is 29.4. The van der Waals surface area contributed by atoms with Crippen molar-refractivity contribution in [1.29, 1.82) is 0 Å². The van der Waals surface area contributed by atoms with E-state index in [2.05, 4.69) is 10.0 Å². The minimum Gasteiger partial charge on any atom is -0.493 e. The third-order valence-corrected chi connectivity index (χ3v) is 9.62. The molecule has 270 valence electrons. The zero-order valence-electron chi connectivity index (χ0n) is 28.8. The molecule has 12 heteroatoms. The maximum atomic E-state index is 14.0. The van der Waals surface area contributed by atoms with Gasteiger partial charge in [-0.2, -0.15) is 0 Å². The molecule has 10 nitrogen and oxygen atoms in total. The molecule has 5 rings (SSSR count). The van der Waals surface area contributed by atoms with Gasteiger partial charge in [0.05, 0.1) is 19.1 Å². The Morgan fingerprint density at radius 3 is 2.02 bits per heavy atom. The predicted octanol–water partition coefficient (Wildman–Crippen LogP) is 6.02. The second-order valence-electron chi connectivity index (χ2n) is 11.8. The zero-order valence-corrected chi connectivity index (χ0v) is 29.6. The Kier molecular flexibility index (Phi) is 12.8. The molecular formula is C40H40FN3O7S. The third-order valence-electron chi connectivity index (χ3n) is 8.22. The first-order valence-corrected chi connectivity index (χ1v) is 18.0. The van der Waals surface area contributed by atoms with Crippen LogP contribution in [0.3, 0.4) is 0 Å². The number of sulfonamides is 1. The number of carbonyl (C=O) groups excluding carboxylic acids is 2. The molecule has 5 aromatic rings. The summed E-state index contributed by atoms with van der Waals surface area (Å²) in [5, 5.41) is 3.03. The van der Waals surface area contributed by atoms with E-state index >= 15 is 0 Å². The smallest absolute Gasteiger partial charge is 0.261 e. The summed E-state index contributed by atoms with van der Waals surface area (Å²) in [7, 11) is -0.833. The predicted molar refractivity (Wildman–Crippen MR) is 196 cm³/mol. The number of amides is 2. The molecule has 0 unspecified atom stereocenters. The van der Waals surface area contributed by atoms with Crippen molar-refractivity contribution >= 4 is 27.5 Å². The zero-order chi connectivity index (χ0) is 36.9. The number of anilines is 1. The fraction of sp³-hybridized carbons (Fsp3) is 0.200. The number of nitrogens with one attached hydrogen (secondary N) is 2. The second-order valence-corrected chi connectivity index (χ2v) is 13.5. The summed E-state index contributed by atoms with van der Waals surface area (Å²) < 4.78 is 58.0. The van der Waals surface area contributed by atoms with Gasteiger partial charge in [-0.1, -0.05) is 66.7 Å². The van der Waals surface area contributed by atoms with E-state index in [9.17, 15) is 22.4 Å². The maximum absolute atomic E-state index is 14.0. The number of hydrogen-bond acceptors (Lipinski definition) is 7. The molecule has 0 heterocycles. The van der Waals surface area contributed by atoms with Crippen molar-refractivity contribution in [3.63, 3.8) is 0 Å². The van der Waals surface area contributed by atoms with Gasteiger partial charge in [-0.05, 0) is 83.8 Å². The van der Waals surface area contributed by atoms with Crippen LogP contribution >= 0.6 is 0 Å². The fourth-order valence-electron chi connectivity index (χ4n) is 5.49. The molecule has 2 amide bonds. The molecule has 5 aromatic carbocycles. The highest BCUT2D eigenvalue weighted by Gasteiger charge is 2.30. The topological polar surface area (TPSA) is 123 Å². The number of hydrogen-bond donors (Lipinski definition) is 2. The van der Waals surface area contributed by atoms with Crippen LogP contribution in [0.5, 0.6) is 17.2 Å². The Morgan fingerprint density at radius 1 is 0.750 bits per heavy atom. The van der Waals surface area contributed by atoms with Gasteiger partial charge in [0.2, 0.25) is 5.91 Å². The average Bonchev–Trinajstić information content (AvgIpc) is 3.17. The summed E-state index contributed by atoms with van der Waals surface area (Å²) in [6.07, 6.45) is 0.778. The molecule has 0 bridgehead atoms. The van der Waals surface area contributed by atoms with Gasteiger partial charge in [-0.15, -0.1) is 0 Å². The molecule has 0 radical (unpaired) electrons. The molecule has 0 aromatic heterocycles. The van der Waals surface area contributed by atoms with E-state index in [-0.39, 0.29) is 35.2 Å². The number of nitrogens with zero attached hydrogens (tertiary/aromatic N) is 1.